The monoisotopic (exact) mass is 238 g/mol. The summed E-state index contributed by atoms with van der Waals surface area (Å²) in [6.45, 7) is 4.85. The summed E-state index contributed by atoms with van der Waals surface area (Å²) in [6.07, 6.45) is 3.74. The van der Waals surface area contributed by atoms with Crippen molar-refractivity contribution in [3.63, 3.8) is 0 Å². The van der Waals surface area contributed by atoms with E-state index in [1.54, 1.807) is 13.4 Å². The minimum absolute atomic E-state index is 0.295. The number of nitrogens with one attached hydrogen (secondary N) is 2. The van der Waals surface area contributed by atoms with E-state index >= 15 is 0 Å². The first kappa shape index (κ1) is 13.7. The predicted molar refractivity (Wildman–Crippen MR) is 70.5 cm³/mol. The fourth-order valence-corrected chi connectivity index (χ4v) is 1.79. The van der Waals surface area contributed by atoms with Crippen molar-refractivity contribution < 1.29 is 4.74 Å². The molecule has 0 spiro atoms. The molecule has 1 aromatic heterocycles. The number of nitrogens with zero attached hydrogens (tertiary/aromatic N) is 2. The normalized spacial score (nSPS) is 12.2. The fourth-order valence-electron chi connectivity index (χ4n) is 1.79. The standard InChI is InChI=1S/C12H22N4O/c1-5-6-10(7-17-4)16-12-9(2)11(13-3)14-8-15-12/h8,10H,5-7H2,1-4H3,(H2,13,14,15,16). The van der Waals surface area contributed by atoms with Crippen LogP contribution in [0.25, 0.3) is 0 Å². The number of hydrogen-bond acceptors (Lipinski definition) is 5. The van der Waals surface area contributed by atoms with E-state index in [1.165, 1.54) is 0 Å². The molecule has 0 saturated carbocycles. The zero-order valence-corrected chi connectivity index (χ0v) is 11.1. The van der Waals surface area contributed by atoms with Crippen LogP contribution in [0.4, 0.5) is 11.6 Å². The van der Waals surface area contributed by atoms with E-state index in [9.17, 15) is 0 Å². The van der Waals surface area contributed by atoms with E-state index in [2.05, 4.69) is 27.5 Å². The Morgan fingerprint density at radius 1 is 1.35 bits per heavy atom. The Kier molecular flexibility index (Phi) is 5.69. The Hall–Kier alpha value is -1.36. The summed E-state index contributed by atoms with van der Waals surface area (Å²) in [6, 6.07) is 0.295. The molecule has 1 aromatic rings. The molecule has 17 heavy (non-hydrogen) atoms. The quantitative estimate of drug-likeness (QED) is 0.761. The number of hydrogen-bond donors (Lipinski definition) is 2. The second-order valence-corrected chi connectivity index (χ2v) is 4.03. The molecule has 1 heterocycles. The summed E-state index contributed by atoms with van der Waals surface area (Å²) in [5.74, 6) is 1.73. The number of ether oxygens (including phenoxy) is 1. The zero-order chi connectivity index (χ0) is 12.7. The molecule has 0 aromatic carbocycles. The first-order valence-corrected chi connectivity index (χ1v) is 5.97. The summed E-state index contributed by atoms with van der Waals surface area (Å²) in [5, 5.41) is 6.46. The van der Waals surface area contributed by atoms with Gasteiger partial charge in [-0.15, -0.1) is 0 Å². The van der Waals surface area contributed by atoms with Gasteiger partial charge in [-0.3, -0.25) is 0 Å². The highest BCUT2D eigenvalue weighted by Crippen LogP contribution is 2.19. The van der Waals surface area contributed by atoms with Gasteiger partial charge in [-0.1, -0.05) is 13.3 Å². The van der Waals surface area contributed by atoms with Gasteiger partial charge in [0.25, 0.3) is 0 Å². The smallest absolute Gasteiger partial charge is 0.134 e. The molecule has 5 nitrogen and oxygen atoms in total. The zero-order valence-electron chi connectivity index (χ0n) is 11.1. The Bertz CT molecular complexity index is 337. The lowest BCUT2D eigenvalue weighted by Crippen LogP contribution is -2.26. The highest BCUT2D eigenvalue weighted by atomic mass is 16.5. The van der Waals surface area contributed by atoms with Crippen LogP contribution in [-0.2, 0) is 4.74 Å². The van der Waals surface area contributed by atoms with Gasteiger partial charge in [-0.2, -0.15) is 0 Å². The maximum atomic E-state index is 5.20. The van der Waals surface area contributed by atoms with Crippen LogP contribution in [0.15, 0.2) is 6.33 Å². The first-order chi connectivity index (χ1) is 8.22. The van der Waals surface area contributed by atoms with Crippen LogP contribution in [0.2, 0.25) is 0 Å². The molecule has 0 aliphatic rings. The largest absolute Gasteiger partial charge is 0.383 e. The highest BCUT2D eigenvalue weighted by Gasteiger charge is 2.11. The summed E-state index contributed by atoms with van der Waals surface area (Å²) in [5.41, 5.74) is 1.03. The molecule has 1 atom stereocenters. The summed E-state index contributed by atoms with van der Waals surface area (Å²) >= 11 is 0. The van der Waals surface area contributed by atoms with Crippen LogP contribution < -0.4 is 10.6 Å². The van der Waals surface area contributed by atoms with Crippen molar-refractivity contribution in [2.75, 3.05) is 31.4 Å². The molecule has 0 fully saturated rings. The third-order valence-corrected chi connectivity index (χ3v) is 2.67. The summed E-state index contributed by atoms with van der Waals surface area (Å²) < 4.78 is 5.20. The first-order valence-electron chi connectivity index (χ1n) is 5.97. The van der Waals surface area contributed by atoms with Crippen LogP contribution in [0.3, 0.4) is 0 Å². The fraction of sp³-hybridized carbons (Fsp3) is 0.667. The third-order valence-electron chi connectivity index (χ3n) is 2.67. The maximum absolute atomic E-state index is 5.20. The van der Waals surface area contributed by atoms with Crippen molar-refractivity contribution >= 4 is 11.6 Å². The average molecular weight is 238 g/mol. The Morgan fingerprint density at radius 3 is 2.65 bits per heavy atom. The van der Waals surface area contributed by atoms with Crippen molar-refractivity contribution in [1.29, 1.82) is 0 Å². The van der Waals surface area contributed by atoms with Crippen LogP contribution in [0, 0.1) is 6.92 Å². The molecule has 5 heteroatoms. The van der Waals surface area contributed by atoms with Crippen molar-refractivity contribution in [1.82, 2.24) is 9.97 Å². The minimum Gasteiger partial charge on any atom is -0.383 e. The predicted octanol–water partition coefficient (Wildman–Crippen LogP) is 2.05. The van der Waals surface area contributed by atoms with E-state index in [1.807, 2.05) is 14.0 Å². The topological polar surface area (TPSA) is 59.1 Å². The van der Waals surface area contributed by atoms with Gasteiger partial charge in [0.2, 0.25) is 0 Å². The third kappa shape index (κ3) is 3.85. The molecule has 0 aliphatic carbocycles. The molecule has 96 valence electrons. The van der Waals surface area contributed by atoms with Crippen LogP contribution in [-0.4, -0.2) is 36.8 Å². The van der Waals surface area contributed by atoms with Gasteiger partial charge in [0.1, 0.15) is 18.0 Å². The minimum atomic E-state index is 0.295. The van der Waals surface area contributed by atoms with Gasteiger partial charge in [0.05, 0.1) is 12.6 Å². The molecule has 0 radical (unpaired) electrons. The maximum Gasteiger partial charge on any atom is 0.134 e. The summed E-state index contributed by atoms with van der Waals surface area (Å²) in [7, 11) is 3.58. The molecule has 0 saturated heterocycles. The SMILES string of the molecule is CCCC(COC)Nc1ncnc(NC)c1C. The van der Waals surface area contributed by atoms with E-state index in [0.29, 0.717) is 12.6 Å². The molecular weight excluding hydrogens is 216 g/mol. The van der Waals surface area contributed by atoms with Gasteiger partial charge in [-0.05, 0) is 13.3 Å². The average Bonchev–Trinajstić information content (AvgIpc) is 2.32. The lowest BCUT2D eigenvalue weighted by molar-refractivity contribution is 0.182. The van der Waals surface area contributed by atoms with Crippen LogP contribution >= 0.6 is 0 Å². The van der Waals surface area contributed by atoms with E-state index < -0.39 is 0 Å². The van der Waals surface area contributed by atoms with Crippen molar-refractivity contribution in [3.05, 3.63) is 11.9 Å². The lowest BCUT2D eigenvalue weighted by atomic mass is 10.1. The Balaban J connectivity index is 2.77. The molecule has 2 N–H and O–H groups in total. The number of methoxy groups -OCH3 is 1. The van der Waals surface area contributed by atoms with Gasteiger partial charge < -0.3 is 15.4 Å². The molecule has 0 bridgehead atoms. The summed E-state index contributed by atoms with van der Waals surface area (Å²) in [4.78, 5) is 8.44. The van der Waals surface area contributed by atoms with Crippen LogP contribution in [0.5, 0.6) is 0 Å². The number of rotatable bonds is 7. The molecular formula is C12H22N4O. The van der Waals surface area contributed by atoms with Crippen molar-refractivity contribution in [2.45, 2.75) is 32.7 Å². The van der Waals surface area contributed by atoms with Gasteiger partial charge >= 0.3 is 0 Å². The van der Waals surface area contributed by atoms with Gasteiger partial charge in [0.15, 0.2) is 0 Å². The van der Waals surface area contributed by atoms with Crippen molar-refractivity contribution in [3.8, 4) is 0 Å². The number of anilines is 2. The molecule has 1 rings (SSSR count). The van der Waals surface area contributed by atoms with Crippen molar-refractivity contribution in [2.24, 2.45) is 0 Å². The van der Waals surface area contributed by atoms with E-state index in [0.717, 1.165) is 30.0 Å². The number of aromatic nitrogens is 2. The Labute approximate surface area is 103 Å². The Morgan fingerprint density at radius 2 is 2.06 bits per heavy atom. The van der Waals surface area contributed by atoms with E-state index in [4.69, 9.17) is 4.74 Å². The lowest BCUT2D eigenvalue weighted by Gasteiger charge is -2.19. The molecule has 0 amide bonds. The highest BCUT2D eigenvalue weighted by molar-refractivity contribution is 5.56. The molecule has 1 unspecified atom stereocenters. The second-order valence-electron chi connectivity index (χ2n) is 4.03. The van der Waals surface area contributed by atoms with Gasteiger partial charge in [-0.25, -0.2) is 9.97 Å². The second kappa shape index (κ2) is 7.06. The van der Waals surface area contributed by atoms with Gasteiger partial charge in [0, 0.05) is 19.7 Å². The van der Waals surface area contributed by atoms with E-state index in [-0.39, 0.29) is 0 Å². The van der Waals surface area contributed by atoms with Crippen LogP contribution in [0.1, 0.15) is 25.3 Å². The molecule has 0 aliphatic heterocycles.